The maximum atomic E-state index is 13.3. The number of aromatic nitrogens is 3. The Balaban J connectivity index is 2.03. The van der Waals surface area contributed by atoms with Crippen LogP contribution in [0.25, 0.3) is 33.4 Å². The zero-order valence-corrected chi connectivity index (χ0v) is 13.6. The largest absolute Gasteiger partial charge is 0.383 e. The summed E-state index contributed by atoms with van der Waals surface area (Å²) in [6.07, 6.45) is 1.39. The van der Waals surface area contributed by atoms with Crippen LogP contribution in [0.4, 0.5) is 10.2 Å². The third-order valence-electron chi connectivity index (χ3n) is 4.14. The molecule has 2 N–H and O–H groups in total. The molecule has 2 heterocycles. The molecule has 0 aliphatic heterocycles. The zero-order valence-electron chi connectivity index (χ0n) is 13.6. The average molecular weight is 330 g/mol. The van der Waals surface area contributed by atoms with Crippen molar-refractivity contribution in [3.05, 3.63) is 72.3 Å². The summed E-state index contributed by atoms with van der Waals surface area (Å²) in [5.41, 5.74) is 11.1. The smallest absolute Gasteiger partial charge is 0.165 e. The predicted octanol–water partition coefficient (Wildman–Crippen LogP) is 4.39. The van der Waals surface area contributed by atoms with Gasteiger partial charge in [-0.1, -0.05) is 29.8 Å². The molecule has 0 amide bonds. The van der Waals surface area contributed by atoms with E-state index in [0.717, 1.165) is 22.4 Å². The molecule has 0 spiro atoms. The number of aryl methyl sites for hydroxylation is 1. The second-order valence-electron chi connectivity index (χ2n) is 5.89. The van der Waals surface area contributed by atoms with Gasteiger partial charge in [0.15, 0.2) is 5.65 Å². The van der Waals surface area contributed by atoms with Crippen molar-refractivity contribution in [1.29, 1.82) is 0 Å². The van der Waals surface area contributed by atoms with Crippen LogP contribution in [0, 0.1) is 12.7 Å². The van der Waals surface area contributed by atoms with Crippen molar-refractivity contribution in [3.8, 4) is 22.4 Å². The van der Waals surface area contributed by atoms with Gasteiger partial charge in [-0.05, 0) is 42.8 Å². The summed E-state index contributed by atoms with van der Waals surface area (Å²) in [6, 6.07) is 16.4. The van der Waals surface area contributed by atoms with Crippen LogP contribution < -0.4 is 5.73 Å². The molecular weight excluding hydrogens is 315 g/mol. The Morgan fingerprint density at radius 1 is 0.880 bits per heavy atom. The lowest BCUT2D eigenvalue weighted by Gasteiger charge is -2.12. The van der Waals surface area contributed by atoms with Crippen molar-refractivity contribution >= 4 is 16.9 Å². The number of fused-ring (bicyclic) bond motifs is 1. The Morgan fingerprint density at radius 3 is 2.28 bits per heavy atom. The minimum absolute atomic E-state index is 0.284. The topological polar surface area (TPSA) is 64.7 Å². The van der Waals surface area contributed by atoms with E-state index in [1.165, 1.54) is 24.0 Å². The second kappa shape index (κ2) is 5.94. The Morgan fingerprint density at radius 2 is 1.56 bits per heavy atom. The molecule has 122 valence electrons. The van der Waals surface area contributed by atoms with Gasteiger partial charge in [0.1, 0.15) is 18.0 Å². The number of rotatable bonds is 2. The summed E-state index contributed by atoms with van der Waals surface area (Å²) < 4.78 is 13.3. The summed E-state index contributed by atoms with van der Waals surface area (Å²) >= 11 is 0. The molecule has 5 heteroatoms. The molecule has 4 nitrogen and oxygen atoms in total. The standard InChI is InChI=1S/C20H15FN4/c1-12-2-4-13(5-3-12)16-10-17-19(22)23-11-24-20(17)25-18(16)14-6-8-15(21)9-7-14/h2-11H,1H3,(H2,22,23,24,25). The second-order valence-corrected chi connectivity index (χ2v) is 5.89. The Hall–Kier alpha value is -3.34. The van der Waals surface area contributed by atoms with Crippen molar-refractivity contribution in [2.45, 2.75) is 6.92 Å². The van der Waals surface area contributed by atoms with E-state index >= 15 is 0 Å². The molecule has 0 saturated carbocycles. The molecule has 0 fully saturated rings. The van der Waals surface area contributed by atoms with Crippen LogP contribution in [0.15, 0.2) is 60.9 Å². The van der Waals surface area contributed by atoms with E-state index in [9.17, 15) is 4.39 Å². The highest BCUT2D eigenvalue weighted by atomic mass is 19.1. The van der Waals surface area contributed by atoms with Gasteiger partial charge in [-0.2, -0.15) is 0 Å². The summed E-state index contributed by atoms with van der Waals surface area (Å²) in [4.78, 5) is 12.9. The monoisotopic (exact) mass is 330 g/mol. The summed E-state index contributed by atoms with van der Waals surface area (Å²) in [7, 11) is 0. The molecular formula is C20H15FN4. The summed E-state index contributed by atoms with van der Waals surface area (Å²) in [5.74, 6) is 0.101. The summed E-state index contributed by atoms with van der Waals surface area (Å²) in [5, 5.41) is 0.698. The van der Waals surface area contributed by atoms with E-state index in [2.05, 4.69) is 15.0 Å². The fraction of sp³-hybridized carbons (Fsp3) is 0.0500. The highest BCUT2D eigenvalue weighted by Crippen LogP contribution is 2.34. The quantitative estimate of drug-likeness (QED) is 0.592. The van der Waals surface area contributed by atoms with Crippen molar-refractivity contribution in [1.82, 2.24) is 15.0 Å². The first-order valence-electron chi connectivity index (χ1n) is 7.86. The number of nitrogen functional groups attached to an aromatic ring is 1. The van der Waals surface area contributed by atoms with Gasteiger partial charge in [-0.3, -0.25) is 0 Å². The third-order valence-corrected chi connectivity index (χ3v) is 4.14. The number of hydrogen-bond donors (Lipinski definition) is 1. The first-order valence-corrected chi connectivity index (χ1v) is 7.86. The Labute approximate surface area is 144 Å². The average Bonchev–Trinajstić information content (AvgIpc) is 2.63. The Bertz CT molecular complexity index is 1060. The van der Waals surface area contributed by atoms with Crippen molar-refractivity contribution in [2.75, 3.05) is 5.73 Å². The van der Waals surface area contributed by atoms with Crippen molar-refractivity contribution < 1.29 is 4.39 Å². The fourth-order valence-electron chi connectivity index (χ4n) is 2.79. The van der Waals surface area contributed by atoms with Crippen LogP contribution in [-0.4, -0.2) is 15.0 Å². The molecule has 2 aromatic heterocycles. The number of nitrogens with two attached hydrogens (primary N) is 1. The van der Waals surface area contributed by atoms with Gasteiger partial charge >= 0.3 is 0 Å². The number of anilines is 1. The van der Waals surface area contributed by atoms with Crippen LogP contribution >= 0.6 is 0 Å². The number of benzene rings is 2. The van der Waals surface area contributed by atoms with Crippen molar-refractivity contribution in [3.63, 3.8) is 0 Å². The molecule has 0 unspecified atom stereocenters. The number of halogens is 1. The molecule has 0 aliphatic rings. The van der Waals surface area contributed by atoms with Crippen LogP contribution in [-0.2, 0) is 0 Å². The number of nitrogens with zero attached hydrogens (tertiary/aromatic N) is 3. The molecule has 0 bridgehead atoms. The maximum absolute atomic E-state index is 13.3. The third kappa shape index (κ3) is 2.80. The normalized spacial score (nSPS) is 11.0. The highest BCUT2D eigenvalue weighted by molar-refractivity contribution is 5.94. The predicted molar refractivity (Wildman–Crippen MR) is 97.3 cm³/mol. The molecule has 25 heavy (non-hydrogen) atoms. The SMILES string of the molecule is Cc1ccc(-c2cc3c(N)ncnc3nc2-c2ccc(F)cc2)cc1. The van der Waals surface area contributed by atoms with Gasteiger partial charge in [-0.15, -0.1) is 0 Å². The fourth-order valence-corrected chi connectivity index (χ4v) is 2.79. The Kier molecular flexibility index (Phi) is 3.61. The minimum atomic E-state index is -0.284. The molecule has 0 atom stereocenters. The lowest BCUT2D eigenvalue weighted by molar-refractivity contribution is 0.628. The van der Waals surface area contributed by atoms with Gasteiger partial charge in [0.2, 0.25) is 0 Å². The van der Waals surface area contributed by atoms with E-state index in [1.807, 2.05) is 37.3 Å². The van der Waals surface area contributed by atoms with Gasteiger partial charge in [0.05, 0.1) is 11.1 Å². The van der Waals surface area contributed by atoms with Crippen molar-refractivity contribution in [2.24, 2.45) is 0 Å². The van der Waals surface area contributed by atoms with E-state index in [1.54, 1.807) is 12.1 Å². The van der Waals surface area contributed by atoms with Crippen LogP contribution in [0.1, 0.15) is 5.56 Å². The van der Waals surface area contributed by atoms with E-state index in [-0.39, 0.29) is 5.82 Å². The number of hydrogen-bond acceptors (Lipinski definition) is 4. The molecule has 4 rings (SSSR count). The van der Waals surface area contributed by atoms with Gasteiger partial charge in [-0.25, -0.2) is 19.3 Å². The lowest BCUT2D eigenvalue weighted by Crippen LogP contribution is -1.98. The molecule has 0 aliphatic carbocycles. The van der Waals surface area contributed by atoms with Gasteiger partial charge < -0.3 is 5.73 Å². The minimum Gasteiger partial charge on any atom is -0.383 e. The van der Waals surface area contributed by atoms with Crippen LogP contribution in [0.5, 0.6) is 0 Å². The lowest BCUT2D eigenvalue weighted by atomic mass is 9.97. The maximum Gasteiger partial charge on any atom is 0.165 e. The highest BCUT2D eigenvalue weighted by Gasteiger charge is 2.14. The van der Waals surface area contributed by atoms with Gasteiger partial charge in [0.25, 0.3) is 0 Å². The molecule has 0 radical (unpaired) electrons. The van der Waals surface area contributed by atoms with E-state index in [4.69, 9.17) is 5.73 Å². The van der Waals surface area contributed by atoms with Gasteiger partial charge in [0, 0.05) is 11.1 Å². The van der Waals surface area contributed by atoms with Crippen LogP contribution in [0.2, 0.25) is 0 Å². The first-order chi connectivity index (χ1) is 12.1. The molecule has 0 saturated heterocycles. The molecule has 4 aromatic rings. The van der Waals surface area contributed by atoms with Crippen LogP contribution in [0.3, 0.4) is 0 Å². The van der Waals surface area contributed by atoms with E-state index < -0.39 is 0 Å². The molecule has 2 aromatic carbocycles. The summed E-state index contributed by atoms with van der Waals surface area (Å²) in [6.45, 7) is 2.04. The number of pyridine rings is 1. The first kappa shape index (κ1) is 15.2. The van der Waals surface area contributed by atoms with E-state index in [0.29, 0.717) is 16.9 Å². The zero-order chi connectivity index (χ0) is 17.4.